The lowest BCUT2D eigenvalue weighted by Crippen LogP contribution is -2.34. The Morgan fingerprint density at radius 1 is 1.18 bits per heavy atom. The zero-order valence-electron chi connectivity index (χ0n) is 19.2. The molecule has 0 saturated carbocycles. The molecule has 3 heterocycles. The van der Waals surface area contributed by atoms with Crippen LogP contribution in [-0.4, -0.2) is 56.5 Å². The molecule has 9 nitrogen and oxygen atoms in total. The molecule has 0 unspecified atom stereocenters. The molecule has 0 spiro atoms. The maximum atomic E-state index is 12.9. The summed E-state index contributed by atoms with van der Waals surface area (Å²) in [5.41, 5.74) is 2.49. The molecule has 9 heteroatoms. The van der Waals surface area contributed by atoms with Gasteiger partial charge in [-0.25, -0.2) is 4.68 Å². The lowest BCUT2D eigenvalue weighted by Gasteiger charge is -2.24. The molecule has 1 aliphatic heterocycles. The molecule has 176 valence electrons. The number of H-pyrrole nitrogens is 1. The highest BCUT2D eigenvalue weighted by Gasteiger charge is 2.22. The highest BCUT2D eigenvalue weighted by Crippen LogP contribution is 2.21. The van der Waals surface area contributed by atoms with Crippen molar-refractivity contribution in [1.29, 1.82) is 0 Å². The van der Waals surface area contributed by atoms with Crippen molar-refractivity contribution in [3.63, 3.8) is 0 Å². The van der Waals surface area contributed by atoms with Gasteiger partial charge in [-0.1, -0.05) is 30.3 Å². The van der Waals surface area contributed by atoms with Gasteiger partial charge in [0.25, 0.3) is 5.56 Å². The van der Waals surface area contributed by atoms with Crippen LogP contribution in [0.25, 0.3) is 10.9 Å². The number of methoxy groups -OCH3 is 1. The first-order valence-electron chi connectivity index (χ1n) is 11.5. The highest BCUT2D eigenvalue weighted by molar-refractivity contribution is 5.80. The normalized spacial score (nSPS) is 15.9. The zero-order chi connectivity index (χ0) is 23.3. The number of ether oxygens (including phenoxy) is 2. The van der Waals surface area contributed by atoms with Gasteiger partial charge in [0.15, 0.2) is 5.82 Å². The van der Waals surface area contributed by atoms with Crippen LogP contribution in [0.5, 0.6) is 5.75 Å². The van der Waals surface area contributed by atoms with Crippen LogP contribution in [0.15, 0.2) is 59.4 Å². The summed E-state index contributed by atoms with van der Waals surface area (Å²) < 4.78 is 13.1. The van der Waals surface area contributed by atoms with Crippen LogP contribution in [0.1, 0.15) is 29.8 Å². The summed E-state index contributed by atoms with van der Waals surface area (Å²) in [6, 6.07) is 17.7. The number of nitrogens with one attached hydrogen (secondary N) is 1. The number of tetrazole rings is 1. The maximum absolute atomic E-state index is 12.9. The van der Waals surface area contributed by atoms with Crippen molar-refractivity contribution >= 4 is 10.9 Å². The standard InChI is InChI=1S/C25H28N6O3/c1-33-21-9-10-23-19(13-21)12-20(25(32)26-23)15-30(16-22-8-5-11-34-22)17-24-27-28-29-31(24)14-18-6-3-2-4-7-18/h2-4,6-7,9-10,12-13,22H,5,8,11,14-17H2,1H3,(H,26,32)/t22-/m1/s1. The van der Waals surface area contributed by atoms with E-state index in [1.807, 2.05) is 47.1 Å². The summed E-state index contributed by atoms with van der Waals surface area (Å²) in [4.78, 5) is 18.1. The average Bonchev–Trinajstić information content (AvgIpc) is 3.52. The fourth-order valence-electron chi connectivity index (χ4n) is 4.39. The molecule has 34 heavy (non-hydrogen) atoms. The van der Waals surface area contributed by atoms with E-state index in [1.165, 1.54) is 0 Å². The average molecular weight is 461 g/mol. The minimum Gasteiger partial charge on any atom is -0.497 e. The van der Waals surface area contributed by atoms with Gasteiger partial charge in [-0.2, -0.15) is 0 Å². The molecule has 2 aromatic carbocycles. The Hall–Kier alpha value is -3.56. The van der Waals surface area contributed by atoms with E-state index in [0.717, 1.165) is 47.5 Å². The number of pyridine rings is 1. The van der Waals surface area contributed by atoms with Crippen molar-refractivity contribution in [2.75, 3.05) is 20.3 Å². The molecule has 0 radical (unpaired) electrons. The predicted molar refractivity (Wildman–Crippen MR) is 128 cm³/mol. The van der Waals surface area contributed by atoms with E-state index in [2.05, 4.69) is 37.5 Å². The molecular weight excluding hydrogens is 432 g/mol. The Labute approximate surface area is 197 Å². The monoisotopic (exact) mass is 460 g/mol. The number of benzene rings is 2. The van der Waals surface area contributed by atoms with Gasteiger partial charge in [0.1, 0.15) is 5.75 Å². The lowest BCUT2D eigenvalue weighted by molar-refractivity contribution is 0.0663. The molecule has 4 aromatic rings. The Kier molecular flexibility index (Phi) is 6.64. The summed E-state index contributed by atoms with van der Waals surface area (Å²) in [7, 11) is 1.64. The SMILES string of the molecule is COc1ccc2[nH]c(=O)c(CN(Cc3nnnn3Cc3ccccc3)C[C@H]3CCCO3)cc2c1. The maximum Gasteiger partial charge on any atom is 0.252 e. The first-order chi connectivity index (χ1) is 16.7. The topological polar surface area (TPSA) is 98.2 Å². The van der Waals surface area contributed by atoms with Crippen molar-refractivity contribution in [3.8, 4) is 5.75 Å². The molecule has 1 N–H and O–H groups in total. The Bertz CT molecular complexity index is 1300. The van der Waals surface area contributed by atoms with Gasteiger partial charge in [0.2, 0.25) is 0 Å². The van der Waals surface area contributed by atoms with Gasteiger partial charge in [-0.3, -0.25) is 9.69 Å². The molecular formula is C25H28N6O3. The fourth-order valence-corrected chi connectivity index (χ4v) is 4.39. The van der Waals surface area contributed by atoms with Crippen molar-refractivity contribution < 1.29 is 9.47 Å². The number of aromatic amines is 1. The Balaban J connectivity index is 1.40. The molecule has 0 aliphatic carbocycles. The van der Waals surface area contributed by atoms with Crippen LogP contribution in [0.3, 0.4) is 0 Å². The van der Waals surface area contributed by atoms with E-state index in [9.17, 15) is 4.79 Å². The second-order valence-corrected chi connectivity index (χ2v) is 8.62. The van der Waals surface area contributed by atoms with Crippen LogP contribution in [0, 0.1) is 0 Å². The minimum atomic E-state index is -0.0983. The van der Waals surface area contributed by atoms with Crippen molar-refractivity contribution in [2.24, 2.45) is 0 Å². The van der Waals surface area contributed by atoms with Gasteiger partial charge < -0.3 is 14.5 Å². The Morgan fingerprint density at radius 3 is 2.85 bits per heavy atom. The number of aromatic nitrogens is 5. The summed E-state index contributed by atoms with van der Waals surface area (Å²) in [6.45, 7) is 3.04. The molecule has 0 bridgehead atoms. The molecule has 0 amide bonds. The first kappa shape index (κ1) is 22.2. The van der Waals surface area contributed by atoms with E-state index in [-0.39, 0.29) is 11.7 Å². The summed E-state index contributed by atoms with van der Waals surface area (Å²) in [5.74, 6) is 1.50. The second kappa shape index (κ2) is 10.1. The fraction of sp³-hybridized carbons (Fsp3) is 0.360. The van der Waals surface area contributed by atoms with Gasteiger partial charge >= 0.3 is 0 Å². The number of rotatable bonds is 9. The van der Waals surface area contributed by atoms with Crippen molar-refractivity contribution in [2.45, 2.75) is 38.6 Å². The van der Waals surface area contributed by atoms with Crippen molar-refractivity contribution in [1.82, 2.24) is 30.1 Å². The molecule has 5 rings (SSSR count). The third kappa shape index (κ3) is 5.16. The largest absolute Gasteiger partial charge is 0.497 e. The molecule has 1 aliphatic rings. The molecule has 1 saturated heterocycles. The van der Waals surface area contributed by atoms with E-state index >= 15 is 0 Å². The summed E-state index contributed by atoms with van der Waals surface area (Å²) >= 11 is 0. The smallest absolute Gasteiger partial charge is 0.252 e. The predicted octanol–water partition coefficient (Wildman–Crippen LogP) is 2.75. The van der Waals surface area contributed by atoms with E-state index in [4.69, 9.17) is 9.47 Å². The summed E-state index contributed by atoms with van der Waals surface area (Å²) in [5, 5.41) is 13.3. The van der Waals surface area contributed by atoms with E-state index in [1.54, 1.807) is 7.11 Å². The molecule has 2 aromatic heterocycles. The van der Waals surface area contributed by atoms with Gasteiger partial charge in [0.05, 0.1) is 26.3 Å². The minimum absolute atomic E-state index is 0.0983. The quantitative estimate of drug-likeness (QED) is 0.410. The number of fused-ring (bicyclic) bond motifs is 1. The van der Waals surface area contributed by atoms with Gasteiger partial charge in [0, 0.05) is 36.2 Å². The number of hydrogen-bond donors (Lipinski definition) is 1. The van der Waals surface area contributed by atoms with Crippen LogP contribution in [0.2, 0.25) is 0 Å². The number of hydrogen-bond acceptors (Lipinski definition) is 7. The van der Waals surface area contributed by atoms with E-state index in [0.29, 0.717) is 31.7 Å². The van der Waals surface area contributed by atoms with Crippen LogP contribution < -0.4 is 10.3 Å². The zero-order valence-corrected chi connectivity index (χ0v) is 19.2. The second-order valence-electron chi connectivity index (χ2n) is 8.62. The lowest BCUT2D eigenvalue weighted by atomic mass is 10.1. The third-order valence-corrected chi connectivity index (χ3v) is 6.15. The van der Waals surface area contributed by atoms with Crippen LogP contribution >= 0.6 is 0 Å². The van der Waals surface area contributed by atoms with Crippen LogP contribution in [0.4, 0.5) is 0 Å². The van der Waals surface area contributed by atoms with Gasteiger partial charge in [-0.05, 0) is 53.1 Å². The Morgan fingerprint density at radius 2 is 2.06 bits per heavy atom. The van der Waals surface area contributed by atoms with Gasteiger partial charge in [-0.15, -0.1) is 5.10 Å². The third-order valence-electron chi connectivity index (χ3n) is 6.15. The van der Waals surface area contributed by atoms with E-state index < -0.39 is 0 Å². The molecule has 1 atom stereocenters. The molecule has 1 fully saturated rings. The first-order valence-corrected chi connectivity index (χ1v) is 11.5. The highest BCUT2D eigenvalue weighted by atomic mass is 16.5. The van der Waals surface area contributed by atoms with Crippen molar-refractivity contribution in [3.05, 3.63) is 81.9 Å². The van der Waals surface area contributed by atoms with Crippen LogP contribution in [-0.2, 0) is 24.4 Å². The summed E-state index contributed by atoms with van der Waals surface area (Å²) in [6.07, 6.45) is 2.20. The number of nitrogens with zero attached hydrogens (tertiary/aromatic N) is 5.